The Morgan fingerprint density at radius 1 is 1.07 bits per heavy atom. The first-order chi connectivity index (χ1) is 14.5. The Kier molecular flexibility index (Phi) is 5.31. The second-order valence-corrected chi connectivity index (χ2v) is 11.4. The molecule has 0 saturated heterocycles. The standard InChI is InChI=1S/C23H26ClN3O2S/c24-22-14-25-21-13-20(26-23(21)27-22)19(12-15-4-2-1-3-5-15)16-6-8-17(9-7-16)30(28,29)18-10-11-18/h6-9,13-15,18-19H,1-5,10-12H2,(H,26,27). The van der Waals surface area contributed by atoms with Gasteiger partial charge in [-0.3, -0.25) is 0 Å². The van der Waals surface area contributed by atoms with Crippen LogP contribution in [0.2, 0.25) is 5.15 Å². The van der Waals surface area contributed by atoms with Crippen LogP contribution in [0.4, 0.5) is 0 Å². The van der Waals surface area contributed by atoms with Crippen molar-refractivity contribution in [3.05, 3.63) is 52.9 Å². The minimum absolute atomic E-state index is 0.153. The molecule has 2 heterocycles. The first-order valence-electron chi connectivity index (χ1n) is 10.9. The minimum atomic E-state index is -3.17. The quantitative estimate of drug-likeness (QED) is 0.534. The van der Waals surface area contributed by atoms with E-state index in [2.05, 4.69) is 21.0 Å². The number of benzene rings is 1. The lowest BCUT2D eigenvalue weighted by Crippen LogP contribution is -2.13. The van der Waals surface area contributed by atoms with Gasteiger partial charge in [0, 0.05) is 11.6 Å². The van der Waals surface area contributed by atoms with Gasteiger partial charge in [0.15, 0.2) is 15.5 Å². The Labute approximate surface area is 182 Å². The molecule has 1 N–H and O–H groups in total. The van der Waals surface area contributed by atoms with E-state index < -0.39 is 9.84 Å². The molecule has 0 amide bonds. The van der Waals surface area contributed by atoms with E-state index in [4.69, 9.17) is 11.6 Å². The molecule has 0 bridgehead atoms. The predicted octanol–water partition coefficient (Wildman–Crippen LogP) is 5.65. The lowest BCUT2D eigenvalue weighted by Gasteiger charge is -2.26. The van der Waals surface area contributed by atoms with E-state index in [1.807, 2.05) is 12.1 Å². The van der Waals surface area contributed by atoms with Crippen LogP contribution < -0.4 is 0 Å². The SMILES string of the molecule is O=S(=O)(c1ccc(C(CC2CCCCC2)c2cc3ncc(Cl)nc3[nH]2)cc1)C1CC1. The molecule has 2 aliphatic rings. The van der Waals surface area contributed by atoms with Crippen molar-refractivity contribution < 1.29 is 8.42 Å². The lowest BCUT2D eigenvalue weighted by atomic mass is 9.79. The Balaban J connectivity index is 1.49. The molecule has 30 heavy (non-hydrogen) atoms. The maximum Gasteiger partial charge on any atom is 0.181 e. The largest absolute Gasteiger partial charge is 0.341 e. The number of hydrogen-bond acceptors (Lipinski definition) is 4. The third kappa shape index (κ3) is 4.00. The monoisotopic (exact) mass is 443 g/mol. The maximum atomic E-state index is 12.6. The summed E-state index contributed by atoms with van der Waals surface area (Å²) in [6.45, 7) is 0. The summed E-state index contributed by atoms with van der Waals surface area (Å²) in [6, 6.07) is 9.60. The van der Waals surface area contributed by atoms with Crippen LogP contribution >= 0.6 is 11.6 Å². The molecule has 1 aromatic carbocycles. The number of hydrogen-bond donors (Lipinski definition) is 1. The molecule has 7 heteroatoms. The van der Waals surface area contributed by atoms with E-state index >= 15 is 0 Å². The first kappa shape index (κ1) is 20.0. The smallest absolute Gasteiger partial charge is 0.181 e. The molecule has 2 fully saturated rings. The Bertz CT molecular complexity index is 1150. The molecule has 2 saturated carbocycles. The molecule has 0 radical (unpaired) electrons. The number of aromatic nitrogens is 3. The molecule has 2 aliphatic carbocycles. The third-order valence-corrected chi connectivity index (χ3v) is 9.03. The van der Waals surface area contributed by atoms with Gasteiger partial charge < -0.3 is 4.98 Å². The number of rotatable bonds is 6. The average Bonchev–Trinajstić information content (AvgIpc) is 3.54. The molecule has 158 valence electrons. The molecule has 2 aromatic heterocycles. The number of sulfone groups is 1. The lowest BCUT2D eigenvalue weighted by molar-refractivity contribution is 0.326. The third-order valence-electron chi connectivity index (χ3n) is 6.57. The van der Waals surface area contributed by atoms with Gasteiger partial charge in [-0.1, -0.05) is 55.8 Å². The maximum absolute atomic E-state index is 12.6. The molecule has 0 spiro atoms. The normalized spacial score (nSPS) is 19.2. The topological polar surface area (TPSA) is 75.7 Å². The molecular formula is C23H26ClN3O2S. The van der Waals surface area contributed by atoms with Crippen LogP contribution in [0.5, 0.6) is 0 Å². The van der Waals surface area contributed by atoms with Crippen molar-refractivity contribution in [1.82, 2.24) is 15.0 Å². The summed E-state index contributed by atoms with van der Waals surface area (Å²) in [5.41, 5.74) is 3.69. The highest BCUT2D eigenvalue weighted by atomic mass is 35.5. The van der Waals surface area contributed by atoms with Gasteiger partial charge in [-0.05, 0) is 48.9 Å². The molecule has 5 nitrogen and oxygen atoms in total. The fraction of sp³-hybridized carbons (Fsp3) is 0.478. The van der Waals surface area contributed by atoms with Crippen molar-refractivity contribution in [3.8, 4) is 0 Å². The second kappa shape index (κ2) is 7.97. The highest BCUT2D eigenvalue weighted by molar-refractivity contribution is 7.92. The first-order valence-corrected chi connectivity index (χ1v) is 12.8. The van der Waals surface area contributed by atoms with Crippen LogP contribution in [0.1, 0.15) is 68.5 Å². The van der Waals surface area contributed by atoms with Crippen LogP contribution in [0.25, 0.3) is 11.2 Å². The molecule has 5 rings (SSSR count). The van der Waals surface area contributed by atoms with E-state index in [-0.39, 0.29) is 11.2 Å². The fourth-order valence-electron chi connectivity index (χ4n) is 4.74. The zero-order chi connectivity index (χ0) is 20.7. The summed E-state index contributed by atoms with van der Waals surface area (Å²) in [4.78, 5) is 12.6. The Morgan fingerprint density at radius 2 is 1.80 bits per heavy atom. The minimum Gasteiger partial charge on any atom is -0.341 e. The van der Waals surface area contributed by atoms with Gasteiger partial charge >= 0.3 is 0 Å². The van der Waals surface area contributed by atoms with Gasteiger partial charge in [0.05, 0.1) is 16.3 Å². The number of nitrogens with one attached hydrogen (secondary N) is 1. The zero-order valence-electron chi connectivity index (χ0n) is 16.9. The van der Waals surface area contributed by atoms with E-state index in [1.54, 1.807) is 18.3 Å². The summed E-state index contributed by atoms with van der Waals surface area (Å²) >= 11 is 6.02. The van der Waals surface area contributed by atoms with E-state index in [0.717, 1.165) is 36.0 Å². The van der Waals surface area contributed by atoms with Crippen LogP contribution in [0.15, 0.2) is 41.4 Å². The molecular weight excluding hydrogens is 418 g/mol. The molecule has 0 aliphatic heterocycles. The predicted molar refractivity (Wildman–Crippen MR) is 119 cm³/mol. The number of halogens is 1. The Morgan fingerprint density at radius 3 is 2.50 bits per heavy atom. The summed E-state index contributed by atoms with van der Waals surface area (Å²) in [5.74, 6) is 0.829. The Hall–Kier alpha value is -1.92. The molecule has 3 aromatic rings. The number of nitrogens with zero attached hydrogens (tertiary/aromatic N) is 2. The van der Waals surface area contributed by atoms with Gasteiger partial charge in [-0.2, -0.15) is 0 Å². The second-order valence-electron chi connectivity index (χ2n) is 8.76. The van der Waals surface area contributed by atoms with Crippen LogP contribution in [0, 0.1) is 5.92 Å². The van der Waals surface area contributed by atoms with Crippen molar-refractivity contribution >= 4 is 32.6 Å². The summed E-state index contributed by atoms with van der Waals surface area (Å²) < 4.78 is 25.2. The van der Waals surface area contributed by atoms with Gasteiger partial charge in [0.25, 0.3) is 0 Å². The van der Waals surface area contributed by atoms with Gasteiger partial charge in [0.1, 0.15) is 10.7 Å². The van der Waals surface area contributed by atoms with Gasteiger partial charge in [0.2, 0.25) is 0 Å². The van der Waals surface area contributed by atoms with E-state index in [9.17, 15) is 8.42 Å². The van der Waals surface area contributed by atoms with Crippen molar-refractivity contribution in [1.29, 1.82) is 0 Å². The average molecular weight is 444 g/mol. The van der Waals surface area contributed by atoms with Gasteiger partial charge in [-0.15, -0.1) is 0 Å². The van der Waals surface area contributed by atoms with E-state index in [1.165, 1.54) is 32.1 Å². The fourth-order valence-corrected chi connectivity index (χ4v) is 6.53. The van der Waals surface area contributed by atoms with Crippen molar-refractivity contribution in [3.63, 3.8) is 0 Å². The number of H-pyrrole nitrogens is 1. The molecule has 1 unspecified atom stereocenters. The highest BCUT2D eigenvalue weighted by Gasteiger charge is 2.37. The highest BCUT2D eigenvalue weighted by Crippen LogP contribution is 2.39. The molecule has 1 atom stereocenters. The van der Waals surface area contributed by atoms with Crippen molar-refractivity contribution in [2.24, 2.45) is 5.92 Å². The summed E-state index contributed by atoms with van der Waals surface area (Å²) in [7, 11) is -3.17. The van der Waals surface area contributed by atoms with Gasteiger partial charge in [-0.25, -0.2) is 18.4 Å². The number of aromatic amines is 1. The van der Waals surface area contributed by atoms with Crippen molar-refractivity contribution in [2.75, 3.05) is 0 Å². The van der Waals surface area contributed by atoms with Crippen LogP contribution in [-0.4, -0.2) is 28.6 Å². The van der Waals surface area contributed by atoms with Crippen LogP contribution in [0.3, 0.4) is 0 Å². The number of fused-ring (bicyclic) bond motifs is 1. The van der Waals surface area contributed by atoms with E-state index in [0.29, 0.717) is 21.6 Å². The van der Waals surface area contributed by atoms with Crippen molar-refractivity contribution in [2.45, 2.75) is 67.4 Å². The van der Waals surface area contributed by atoms with Crippen LogP contribution in [-0.2, 0) is 9.84 Å². The zero-order valence-corrected chi connectivity index (χ0v) is 18.4. The summed E-state index contributed by atoms with van der Waals surface area (Å²) in [6.07, 6.45) is 10.6. The summed E-state index contributed by atoms with van der Waals surface area (Å²) in [5, 5.41) is 0.186.